The van der Waals surface area contributed by atoms with E-state index in [2.05, 4.69) is 25.9 Å². The maximum Gasteiger partial charge on any atom is 0.417 e. The summed E-state index contributed by atoms with van der Waals surface area (Å²) in [7, 11) is 0. The van der Waals surface area contributed by atoms with Crippen molar-refractivity contribution in [2.24, 2.45) is 0 Å². The second-order valence-electron chi connectivity index (χ2n) is 6.57. The summed E-state index contributed by atoms with van der Waals surface area (Å²) in [6.45, 7) is 4.11. The van der Waals surface area contributed by atoms with Crippen LogP contribution < -0.4 is 21.1 Å². The summed E-state index contributed by atoms with van der Waals surface area (Å²) in [5.74, 6) is 0.0669. The van der Waals surface area contributed by atoms with Gasteiger partial charge >= 0.3 is 6.18 Å². The molecule has 0 saturated carbocycles. The van der Waals surface area contributed by atoms with Crippen LogP contribution in [-0.4, -0.2) is 54.5 Å². The number of nitrogens with zero attached hydrogens (tertiary/aromatic N) is 3. The number of hydrogen-bond acceptors (Lipinski definition) is 7. The highest BCUT2D eigenvalue weighted by molar-refractivity contribution is 5.96. The van der Waals surface area contributed by atoms with Crippen molar-refractivity contribution in [3.63, 3.8) is 0 Å². The van der Waals surface area contributed by atoms with Crippen LogP contribution in [0.1, 0.15) is 11.1 Å². The van der Waals surface area contributed by atoms with Gasteiger partial charge in [0, 0.05) is 25.5 Å². The van der Waals surface area contributed by atoms with Crippen molar-refractivity contribution in [1.29, 1.82) is 0 Å². The van der Waals surface area contributed by atoms with Crippen LogP contribution in [0.3, 0.4) is 0 Å². The van der Waals surface area contributed by atoms with E-state index < -0.39 is 17.9 Å². The maximum atomic E-state index is 12.8. The summed E-state index contributed by atoms with van der Waals surface area (Å²) in [6, 6.07) is 1.04. The molecule has 0 aromatic carbocycles. The number of morpholine rings is 1. The van der Waals surface area contributed by atoms with Crippen molar-refractivity contribution in [3.05, 3.63) is 35.2 Å². The minimum Gasteiger partial charge on any atom is -0.379 e. The van der Waals surface area contributed by atoms with Crippen molar-refractivity contribution < 1.29 is 22.7 Å². The van der Waals surface area contributed by atoms with Gasteiger partial charge in [0.2, 0.25) is 0 Å². The van der Waals surface area contributed by atoms with Crippen LogP contribution in [0.5, 0.6) is 0 Å². The number of hydrogen-bond donors (Lipinski definition) is 3. The number of hydrazine groups is 1. The van der Waals surface area contributed by atoms with Crippen LogP contribution in [0.15, 0.2) is 24.0 Å². The number of aryl methyl sites for hydroxylation is 1. The topological polar surface area (TPSA) is 81.8 Å². The van der Waals surface area contributed by atoms with Gasteiger partial charge in [0.15, 0.2) is 0 Å². The first kappa shape index (κ1) is 18.2. The van der Waals surface area contributed by atoms with Crippen molar-refractivity contribution in [2.45, 2.75) is 25.6 Å². The molecule has 0 bridgehead atoms. The van der Waals surface area contributed by atoms with Gasteiger partial charge < -0.3 is 10.1 Å². The molecule has 0 aliphatic carbocycles. The summed E-state index contributed by atoms with van der Waals surface area (Å²) in [5, 5.41) is 7.65. The molecule has 2 atom stereocenters. The Hall–Kier alpha value is -2.21. The Bertz CT molecular complexity index is 778. The fourth-order valence-corrected chi connectivity index (χ4v) is 3.31. The Morgan fingerprint density at radius 3 is 2.70 bits per heavy atom. The van der Waals surface area contributed by atoms with Crippen molar-refractivity contribution in [3.8, 4) is 0 Å². The van der Waals surface area contributed by atoms with E-state index in [-0.39, 0.29) is 12.2 Å². The molecule has 3 aliphatic rings. The number of amides is 1. The molecule has 2 unspecified atom stereocenters. The van der Waals surface area contributed by atoms with E-state index in [4.69, 9.17) is 4.74 Å². The summed E-state index contributed by atoms with van der Waals surface area (Å²) < 4.78 is 43.8. The Morgan fingerprint density at radius 1 is 1.30 bits per heavy atom. The van der Waals surface area contributed by atoms with E-state index >= 15 is 0 Å². The predicted molar refractivity (Wildman–Crippen MR) is 88.9 cm³/mol. The largest absolute Gasteiger partial charge is 0.417 e. The molecule has 0 radical (unpaired) electrons. The monoisotopic (exact) mass is 384 g/mol. The molecular weight excluding hydrogens is 365 g/mol. The molecule has 3 N–H and O–H groups in total. The number of halogens is 3. The van der Waals surface area contributed by atoms with E-state index in [1.807, 2.05) is 0 Å². The Kier molecular flexibility index (Phi) is 4.54. The first-order valence-corrected chi connectivity index (χ1v) is 8.52. The molecule has 1 aromatic heterocycles. The number of ether oxygens (including phenoxy) is 1. The lowest BCUT2D eigenvalue weighted by Gasteiger charge is -2.39. The van der Waals surface area contributed by atoms with Gasteiger partial charge in [-0.25, -0.2) is 10.4 Å². The van der Waals surface area contributed by atoms with E-state index in [0.717, 1.165) is 12.3 Å². The number of carbonyl (C=O) groups is 1. The minimum atomic E-state index is -4.45. The minimum absolute atomic E-state index is 0.241. The fourth-order valence-electron chi connectivity index (χ4n) is 3.31. The number of anilines is 1. The third-order valence-corrected chi connectivity index (χ3v) is 4.72. The quantitative estimate of drug-likeness (QED) is 0.676. The van der Waals surface area contributed by atoms with Crippen LogP contribution in [-0.2, 0) is 15.7 Å². The summed E-state index contributed by atoms with van der Waals surface area (Å²) in [5.41, 5.74) is 3.06. The van der Waals surface area contributed by atoms with E-state index in [1.54, 1.807) is 13.1 Å². The number of aromatic nitrogens is 1. The Labute approximate surface area is 153 Å². The van der Waals surface area contributed by atoms with Crippen LogP contribution >= 0.6 is 0 Å². The van der Waals surface area contributed by atoms with Crippen LogP contribution in [0.25, 0.3) is 0 Å². The highest BCUT2D eigenvalue weighted by Gasteiger charge is 2.39. The van der Waals surface area contributed by atoms with E-state index in [1.165, 1.54) is 5.01 Å². The average molecular weight is 384 g/mol. The third kappa shape index (κ3) is 3.50. The standard InChI is InChI=1S/C16H19F3N6O2/c1-9-6-10(16(17,18)19)7-20-13(9)25-8-11-12(23-25)21-15(22-14(11)26)24-2-4-27-5-3-24/h6-8,12,15,21,23H,2-5H2,1H3,(H,22,26). The smallest absolute Gasteiger partial charge is 0.379 e. The van der Waals surface area contributed by atoms with Crippen LogP contribution in [0.4, 0.5) is 19.0 Å². The molecule has 0 spiro atoms. The average Bonchev–Trinajstić information content (AvgIpc) is 3.06. The van der Waals surface area contributed by atoms with Crippen LogP contribution in [0.2, 0.25) is 0 Å². The van der Waals surface area contributed by atoms with Crippen molar-refractivity contribution >= 4 is 11.7 Å². The molecule has 27 heavy (non-hydrogen) atoms. The molecule has 1 amide bonds. The highest BCUT2D eigenvalue weighted by Crippen LogP contribution is 2.32. The first-order chi connectivity index (χ1) is 12.8. The van der Waals surface area contributed by atoms with Gasteiger partial charge in [-0.3, -0.25) is 20.0 Å². The molecule has 146 valence electrons. The Balaban J connectivity index is 1.52. The summed E-state index contributed by atoms with van der Waals surface area (Å²) in [6.07, 6.45) is -2.93. The normalized spacial score (nSPS) is 26.6. The second-order valence-corrected chi connectivity index (χ2v) is 6.57. The lowest BCUT2D eigenvalue weighted by atomic mass is 10.1. The van der Waals surface area contributed by atoms with Crippen molar-refractivity contribution in [2.75, 3.05) is 31.3 Å². The lowest BCUT2D eigenvalue weighted by molar-refractivity contribution is -0.137. The molecule has 3 aliphatic heterocycles. The number of pyridine rings is 1. The van der Waals surface area contributed by atoms with Crippen molar-refractivity contribution in [1.82, 2.24) is 25.9 Å². The molecular formula is C16H19F3N6O2. The first-order valence-electron chi connectivity index (χ1n) is 8.52. The van der Waals surface area contributed by atoms with Crippen LogP contribution in [0, 0.1) is 6.92 Å². The number of fused-ring (bicyclic) bond motifs is 1. The Morgan fingerprint density at radius 2 is 2.04 bits per heavy atom. The zero-order valence-corrected chi connectivity index (χ0v) is 14.5. The molecule has 4 heterocycles. The molecule has 11 heteroatoms. The van der Waals surface area contributed by atoms with E-state index in [9.17, 15) is 18.0 Å². The van der Waals surface area contributed by atoms with Gasteiger partial charge in [-0.2, -0.15) is 13.2 Å². The molecule has 2 fully saturated rings. The molecule has 2 saturated heterocycles. The second kappa shape index (κ2) is 6.75. The SMILES string of the molecule is Cc1cc(C(F)(F)F)cnc1N1C=C2C(=O)NC(N3CCOCC3)NC2N1. The summed E-state index contributed by atoms with van der Waals surface area (Å²) >= 11 is 0. The molecule has 1 aromatic rings. The number of rotatable bonds is 2. The zero-order valence-electron chi connectivity index (χ0n) is 14.5. The van der Waals surface area contributed by atoms with Gasteiger partial charge in [-0.05, 0) is 18.6 Å². The van der Waals surface area contributed by atoms with Gasteiger partial charge in [-0.15, -0.1) is 0 Å². The molecule has 8 nitrogen and oxygen atoms in total. The predicted octanol–water partition coefficient (Wildman–Crippen LogP) is 0.279. The van der Waals surface area contributed by atoms with E-state index in [0.29, 0.717) is 43.3 Å². The van der Waals surface area contributed by atoms with Gasteiger partial charge in [0.05, 0.1) is 24.4 Å². The lowest BCUT2D eigenvalue weighted by Crippen LogP contribution is -2.68. The maximum absolute atomic E-state index is 12.8. The van der Waals surface area contributed by atoms with Gasteiger partial charge in [-0.1, -0.05) is 0 Å². The fraction of sp³-hybridized carbons (Fsp3) is 0.500. The number of nitrogens with one attached hydrogen (secondary N) is 3. The van der Waals surface area contributed by atoms with Gasteiger partial charge in [0.25, 0.3) is 5.91 Å². The molecule has 4 rings (SSSR count). The zero-order chi connectivity index (χ0) is 19.2. The summed E-state index contributed by atoms with van der Waals surface area (Å²) in [4.78, 5) is 18.5. The number of alkyl halides is 3. The van der Waals surface area contributed by atoms with Gasteiger partial charge in [0.1, 0.15) is 18.3 Å². The number of carbonyl (C=O) groups excluding carboxylic acids is 1. The highest BCUT2D eigenvalue weighted by atomic mass is 19.4. The third-order valence-electron chi connectivity index (χ3n) is 4.72.